The minimum Gasteiger partial charge on any atom is -0.324 e. The van der Waals surface area contributed by atoms with Crippen molar-refractivity contribution in [1.82, 2.24) is 0 Å². The van der Waals surface area contributed by atoms with Crippen LogP contribution < -0.4 is 16.7 Å². The maximum atomic E-state index is 5.43. The fourth-order valence-electron chi connectivity index (χ4n) is 1.74. The fourth-order valence-corrected chi connectivity index (χ4v) is 1.74. The molecule has 1 aromatic carbocycles. The number of benzene rings is 1. The van der Waals surface area contributed by atoms with E-state index in [4.69, 9.17) is 5.84 Å². The van der Waals surface area contributed by atoms with Crippen molar-refractivity contribution >= 4 is 40.2 Å². The minimum absolute atomic E-state index is 0.625. The van der Waals surface area contributed by atoms with Crippen LogP contribution in [0.25, 0.3) is 0 Å². The molecule has 0 radical (unpaired) electrons. The average molecular weight is 183 g/mol. The number of rotatable bonds is 3. The van der Waals surface area contributed by atoms with E-state index in [0.29, 0.717) is 6.49 Å². The molecule has 0 aliphatic carbocycles. The van der Waals surface area contributed by atoms with Crippen LogP contribution in [0.1, 0.15) is 11.1 Å². The van der Waals surface area contributed by atoms with Gasteiger partial charge in [0.2, 0.25) is 0 Å². The Hall–Kier alpha value is -0.760. The summed E-state index contributed by atoms with van der Waals surface area (Å²) in [6.07, 6.45) is 0. The summed E-state index contributed by atoms with van der Waals surface area (Å²) < 4.78 is 0. The van der Waals surface area contributed by atoms with Gasteiger partial charge < -0.3 is 5.43 Å². The van der Waals surface area contributed by atoms with Crippen molar-refractivity contribution in [2.45, 2.75) is 13.8 Å². The molecule has 0 bridgehead atoms. The molecule has 0 fully saturated rings. The monoisotopic (exact) mass is 184 g/mol. The van der Waals surface area contributed by atoms with E-state index < -0.39 is 0 Å². The molecular formula is C8H16B4N2. The lowest BCUT2D eigenvalue weighted by atomic mass is 9.03. The molecule has 0 saturated carbocycles. The number of nitrogen functional groups attached to an aromatic ring is 1. The SMILES string of the molecule is BBB(B)c1cc(C)c(NN)cc1C. The summed E-state index contributed by atoms with van der Waals surface area (Å²) >= 11 is 0. The van der Waals surface area contributed by atoms with Crippen LogP contribution in [0.2, 0.25) is 0 Å². The van der Waals surface area contributed by atoms with Crippen LogP contribution in [0.4, 0.5) is 5.69 Å². The Morgan fingerprint density at radius 1 is 1.36 bits per heavy atom. The first-order valence-corrected chi connectivity index (χ1v) is 5.17. The van der Waals surface area contributed by atoms with Gasteiger partial charge in [-0.3, -0.25) is 5.84 Å². The summed E-state index contributed by atoms with van der Waals surface area (Å²) in [5.41, 5.74) is 7.71. The Morgan fingerprint density at radius 2 is 2.00 bits per heavy atom. The molecular weight excluding hydrogens is 167 g/mol. The zero-order chi connectivity index (χ0) is 10.7. The van der Waals surface area contributed by atoms with Crippen LogP contribution in [0, 0.1) is 13.8 Å². The molecule has 14 heavy (non-hydrogen) atoms. The topological polar surface area (TPSA) is 38.0 Å². The third-order valence-electron chi connectivity index (χ3n) is 2.91. The Labute approximate surface area is 89.1 Å². The molecule has 1 aromatic rings. The second kappa shape index (κ2) is 4.65. The summed E-state index contributed by atoms with van der Waals surface area (Å²) in [5, 5.41) is 0. The van der Waals surface area contributed by atoms with E-state index >= 15 is 0 Å². The number of anilines is 1. The number of hydrogen-bond donors (Lipinski definition) is 2. The van der Waals surface area contributed by atoms with Gasteiger partial charge in [-0.2, -0.15) is 0 Å². The molecule has 0 saturated heterocycles. The van der Waals surface area contributed by atoms with E-state index in [2.05, 4.69) is 46.9 Å². The second-order valence-electron chi connectivity index (χ2n) is 3.98. The van der Waals surface area contributed by atoms with Gasteiger partial charge in [0.15, 0.2) is 0 Å². The van der Waals surface area contributed by atoms with Gasteiger partial charge in [0.1, 0.15) is 0 Å². The number of aryl methyl sites for hydroxylation is 2. The Balaban J connectivity index is 3.14. The van der Waals surface area contributed by atoms with Gasteiger partial charge in [0, 0.05) is 0 Å². The van der Waals surface area contributed by atoms with Crippen molar-refractivity contribution in [1.29, 1.82) is 0 Å². The highest BCUT2D eigenvalue weighted by atomic mass is 15.2. The molecule has 0 spiro atoms. The average Bonchev–Trinajstić information content (AvgIpc) is 2.19. The zero-order valence-corrected chi connectivity index (χ0v) is 9.52. The molecule has 0 heterocycles. The molecule has 0 atom stereocenters. The van der Waals surface area contributed by atoms with Gasteiger partial charge in [0.05, 0.1) is 34.7 Å². The van der Waals surface area contributed by atoms with Crippen molar-refractivity contribution in [2.75, 3.05) is 5.43 Å². The van der Waals surface area contributed by atoms with Gasteiger partial charge >= 0.3 is 0 Å². The largest absolute Gasteiger partial charge is 0.324 e. The van der Waals surface area contributed by atoms with Gasteiger partial charge in [-0.25, -0.2) is 0 Å². The smallest absolute Gasteiger partial charge is 0.0963 e. The second-order valence-corrected chi connectivity index (χ2v) is 3.98. The van der Waals surface area contributed by atoms with E-state index in [9.17, 15) is 0 Å². The van der Waals surface area contributed by atoms with Crippen LogP contribution in [0.3, 0.4) is 0 Å². The lowest BCUT2D eigenvalue weighted by molar-refractivity contribution is 1.30. The third-order valence-corrected chi connectivity index (χ3v) is 2.91. The van der Waals surface area contributed by atoms with E-state index in [1.807, 2.05) is 0 Å². The molecule has 2 nitrogen and oxygen atoms in total. The van der Waals surface area contributed by atoms with Gasteiger partial charge in [-0.1, -0.05) is 17.1 Å². The number of nitrogens with one attached hydrogen (secondary N) is 1. The highest BCUT2D eigenvalue weighted by Gasteiger charge is 2.11. The van der Waals surface area contributed by atoms with Crippen LogP contribution in [0.5, 0.6) is 0 Å². The number of hydrazine groups is 1. The predicted octanol–water partition coefficient (Wildman–Crippen LogP) is -2.10. The maximum absolute atomic E-state index is 5.43. The van der Waals surface area contributed by atoms with E-state index in [1.54, 1.807) is 0 Å². The lowest BCUT2D eigenvalue weighted by Gasteiger charge is -2.14. The summed E-state index contributed by atoms with van der Waals surface area (Å²) in [6.45, 7) is 4.85. The highest BCUT2D eigenvalue weighted by molar-refractivity contribution is 7.50. The Morgan fingerprint density at radius 3 is 2.50 bits per heavy atom. The van der Waals surface area contributed by atoms with Crippen LogP contribution in [0.15, 0.2) is 12.1 Å². The number of nitrogens with two attached hydrogens (primary N) is 1. The Kier molecular flexibility index (Phi) is 3.76. The first kappa shape index (κ1) is 11.3. The van der Waals surface area contributed by atoms with Crippen molar-refractivity contribution in [2.24, 2.45) is 5.84 Å². The minimum atomic E-state index is 0.625. The normalized spacial score (nSPS) is 9.64. The molecule has 6 heteroatoms. The molecule has 70 valence electrons. The summed E-state index contributed by atoms with van der Waals surface area (Å²) in [4.78, 5) is 0. The maximum Gasteiger partial charge on any atom is 0.0963 e. The summed E-state index contributed by atoms with van der Waals surface area (Å²) in [6, 6.07) is 4.36. The molecule has 0 aliphatic heterocycles. The molecule has 0 aromatic heterocycles. The van der Waals surface area contributed by atoms with Crippen molar-refractivity contribution < 1.29 is 0 Å². The van der Waals surface area contributed by atoms with Crippen molar-refractivity contribution in [3.05, 3.63) is 23.3 Å². The lowest BCUT2D eigenvalue weighted by Crippen LogP contribution is -2.40. The van der Waals surface area contributed by atoms with Crippen molar-refractivity contribution in [3.8, 4) is 0 Å². The fraction of sp³-hybridized carbons (Fsp3) is 0.250. The quantitative estimate of drug-likeness (QED) is 0.320. The molecule has 3 N–H and O–H groups in total. The van der Waals surface area contributed by atoms with E-state index in [1.165, 1.54) is 23.7 Å². The summed E-state index contributed by atoms with van der Waals surface area (Å²) in [7, 11) is 5.65. The zero-order valence-electron chi connectivity index (χ0n) is 9.52. The molecule has 0 amide bonds. The van der Waals surface area contributed by atoms with Gasteiger partial charge in [0.25, 0.3) is 0 Å². The standard InChI is InChI=1S/C8H16B4N2/c1-5-4-8(14-13)6(2)3-7(5)12(10)11-9/h3-4,11,14H,9-10,13H2,1-2H3. The number of hydrogen-bond acceptors (Lipinski definition) is 2. The third kappa shape index (κ3) is 2.18. The van der Waals surface area contributed by atoms with Crippen molar-refractivity contribution in [3.63, 3.8) is 0 Å². The van der Waals surface area contributed by atoms with Crippen LogP contribution >= 0.6 is 0 Å². The molecule has 0 unspecified atom stereocenters. The van der Waals surface area contributed by atoms with E-state index in [0.717, 1.165) is 5.69 Å². The van der Waals surface area contributed by atoms with Gasteiger partial charge in [-0.15, -0.1) is 0 Å². The van der Waals surface area contributed by atoms with E-state index in [-0.39, 0.29) is 0 Å². The first-order chi connectivity index (χ1) is 6.60. The molecule has 1 rings (SSSR count). The molecule has 0 aliphatic rings. The van der Waals surface area contributed by atoms with Gasteiger partial charge in [-0.05, 0) is 25.5 Å². The summed E-state index contributed by atoms with van der Waals surface area (Å²) in [5.74, 6) is 5.43. The Bertz CT molecular complexity index is 329. The predicted molar refractivity (Wildman–Crippen MR) is 73.4 cm³/mol. The van der Waals surface area contributed by atoms with Crippen LogP contribution in [-0.4, -0.2) is 29.0 Å². The van der Waals surface area contributed by atoms with Crippen LogP contribution in [-0.2, 0) is 0 Å². The first-order valence-electron chi connectivity index (χ1n) is 5.17. The highest BCUT2D eigenvalue weighted by Crippen LogP contribution is 2.13.